The van der Waals surface area contributed by atoms with E-state index in [-0.39, 0.29) is 24.2 Å². The number of nitrogens with one attached hydrogen (secondary N) is 4. The molecule has 2 aliphatic rings. The van der Waals surface area contributed by atoms with Gasteiger partial charge in [-0.1, -0.05) is 24.3 Å². The Labute approximate surface area is 204 Å². The first-order chi connectivity index (χ1) is 16.4. The van der Waals surface area contributed by atoms with E-state index in [1.54, 1.807) is 24.3 Å². The molecule has 0 radical (unpaired) electrons. The minimum atomic E-state index is -0.628. The van der Waals surface area contributed by atoms with Gasteiger partial charge in [-0.05, 0) is 72.0 Å². The molecule has 4 bridgehead atoms. The standard InChI is InChI=1S/C26H27N5O2S/c27-25(28)18-8-10-20(11-9-18)31-24-17-6-4-16(5-7-17)2-1-3-23(32)30-21-12-13-22(34)19(14-21)15-29-26(24)33/h4-14,24,31,34H,1-3,15H2,(H3,27,28)(H,29,33)(H,30,32)/t24-/m1/s1. The summed E-state index contributed by atoms with van der Waals surface area (Å²) in [6, 6.07) is 19.8. The third-order valence-corrected chi connectivity index (χ3v) is 6.20. The zero-order chi connectivity index (χ0) is 24.1. The molecule has 0 fully saturated rings. The third-order valence-electron chi connectivity index (χ3n) is 5.77. The van der Waals surface area contributed by atoms with Crippen LogP contribution in [-0.2, 0) is 22.6 Å². The number of benzene rings is 3. The van der Waals surface area contributed by atoms with Gasteiger partial charge in [0.1, 0.15) is 11.9 Å². The fourth-order valence-corrected chi connectivity index (χ4v) is 4.07. The molecular formula is C26H27N5O2S. The molecular weight excluding hydrogens is 446 g/mol. The number of rotatable bonds is 3. The summed E-state index contributed by atoms with van der Waals surface area (Å²) in [5.74, 6) is -0.242. The average Bonchev–Trinajstić information content (AvgIpc) is 2.83. The summed E-state index contributed by atoms with van der Waals surface area (Å²) in [6.45, 7) is 0.265. The number of nitrogen functional groups attached to an aromatic ring is 1. The predicted molar refractivity (Wildman–Crippen MR) is 137 cm³/mol. The molecule has 0 aromatic heterocycles. The summed E-state index contributed by atoms with van der Waals surface area (Å²) in [5, 5.41) is 16.8. The number of hydrogen-bond donors (Lipinski definition) is 6. The van der Waals surface area contributed by atoms with E-state index in [0.717, 1.165) is 40.1 Å². The van der Waals surface area contributed by atoms with Gasteiger partial charge in [0.2, 0.25) is 11.8 Å². The highest BCUT2D eigenvalue weighted by Crippen LogP contribution is 2.24. The molecule has 8 heteroatoms. The summed E-state index contributed by atoms with van der Waals surface area (Å²) in [4.78, 5) is 26.4. The van der Waals surface area contributed by atoms with Crippen LogP contribution in [0.2, 0.25) is 0 Å². The van der Waals surface area contributed by atoms with Crippen molar-refractivity contribution in [1.82, 2.24) is 5.32 Å². The second kappa shape index (κ2) is 10.4. The van der Waals surface area contributed by atoms with Crippen molar-refractivity contribution in [2.45, 2.75) is 36.7 Å². The molecule has 7 nitrogen and oxygen atoms in total. The minimum Gasteiger partial charge on any atom is -0.384 e. The molecule has 0 spiro atoms. The lowest BCUT2D eigenvalue weighted by molar-refractivity contribution is -0.122. The normalized spacial score (nSPS) is 16.4. The highest BCUT2D eigenvalue weighted by molar-refractivity contribution is 7.80. The van der Waals surface area contributed by atoms with Gasteiger partial charge in [-0.25, -0.2) is 0 Å². The van der Waals surface area contributed by atoms with Crippen LogP contribution in [-0.4, -0.2) is 17.6 Å². The van der Waals surface area contributed by atoms with Gasteiger partial charge in [-0.3, -0.25) is 15.0 Å². The number of thiol groups is 1. The van der Waals surface area contributed by atoms with Gasteiger partial charge in [0, 0.05) is 34.8 Å². The minimum absolute atomic E-state index is 0.00873. The smallest absolute Gasteiger partial charge is 0.247 e. The molecule has 2 heterocycles. The van der Waals surface area contributed by atoms with Crippen molar-refractivity contribution in [3.05, 3.63) is 89.0 Å². The Hall–Kier alpha value is -3.78. The summed E-state index contributed by atoms with van der Waals surface area (Å²) in [6.07, 6.45) is 1.93. The molecule has 0 unspecified atom stereocenters. The zero-order valence-electron chi connectivity index (χ0n) is 18.6. The maximum Gasteiger partial charge on any atom is 0.247 e. The third kappa shape index (κ3) is 5.77. The number of fused-ring (bicyclic) bond motifs is 9. The van der Waals surface area contributed by atoms with Gasteiger partial charge in [0.25, 0.3) is 0 Å². The number of amidine groups is 1. The fourth-order valence-electron chi connectivity index (χ4n) is 3.86. The molecule has 0 saturated carbocycles. The monoisotopic (exact) mass is 473 g/mol. The van der Waals surface area contributed by atoms with Crippen molar-refractivity contribution in [2.24, 2.45) is 5.73 Å². The van der Waals surface area contributed by atoms with E-state index in [2.05, 4.69) is 28.6 Å². The topological polar surface area (TPSA) is 120 Å². The lowest BCUT2D eigenvalue weighted by Gasteiger charge is -2.21. The van der Waals surface area contributed by atoms with Crippen LogP contribution < -0.4 is 21.7 Å². The number of carbonyl (C=O) groups excluding carboxylic acids is 2. The predicted octanol–water partition coefficient (Wildman–Crippen LogP) is 4.00. The van der Waals surface area contributed by atoms with E-state index in [1.165, 1.54) is 0 Å². The summed E-state index contributed by atoms with van der Waals surface area (Å²) >= 11 is 4.51. The van der Waals surface area contributed by atoms with Crippen molar-refractivity contribution >= 4 is 41.7 Å². The molecule has 174 valence electrons. The first kappa shape index (κ1) is 23.4. The van der Waals surface area contributed by atoms with E-state index in [4.69, 9.17) is 11.1 Å². The molecule has 2 aliphatic heterocycles. The van der Waals surface area contributed by atoms with Crippen LogP contribution in [0, 0.1) is 5.41 Å². The van der Waals surface area contributed by atoms with Crippen LogP contribution in [0.4, 0.5) is 11.4 Å². The first-order valence-electron chi connectivity index (χ1n) is 11.1. The summed E-state index contributed by atoms with van der Waals surface area (Å²) in [5.41, 5.74) is 10.3. The van der Waals surface area contributed by atoms with E-state index in [9.17, 15) is 9.59 Å². The second-order valence-electron chi connectivity index (χ2n) is 8.27. The Morgan fingerprint density at radius 2 is 1.74 bits per heavy atom. The van der Waals surface area contributed by atoms with Gasteiger partial charge >= 0.3 is 0 Å². The molecule has 3 aromatic rings. The Balaban J connectivity index is 1.63. The highest BCUT2D eigenvalue weighted by Gasteiger charge is 2.21. The molecule has 6 N–H and O–H groups in total. The quantitative estimate of drug-likeness (QED) is 0.196. The average molecular weight is 474 g/mol. The molecule has 0 aliphatic carbocycles. The number of carbonyl (C=O) groups is 2. The molecule has 2 amide bonds. The van der Waals surface area contributed by atoms with Gasteiger partial charge in [0.05, 0.1) is 0 Å². The fraction of sp³-hybridized carbons (Fsp3) is 0.192. The second-order valence-corrected chi connectivity index (χ2v) is 8.75. The summed E-state index contributed by atoms with van der Waals surface area (Å²) < 4.78 is 0. The van der Waals surface area contributed by atoms with Crippen LogP contribution in [0.5, 0.6) is 0 Å². The highest BCUT2D eigenvalue weighted by atomic mass is 32.1. The van der Waals surface area contributed by atoms with Crippen molar-refractivity contribution in [3.8, 4) is 0 Å². The van der Waals surface area contributed by atoms with Gasteiger partial charge in [-0.15, -0.1) is 12.6 Å². The van der Waals surface area contributed by atoms with Crippen LogP contribution >= 0.6 is 12.6 Å². The van der Waals surface area contributed by atoms with Crippen molar-refractivity contribution < 1.29 is 9.59 Å². The molecule has 0 saturated heterocycles. The van der Waals surface area contributed by atoms with E-state index in [1.807, 2.05) is 42.5 Å². The van der Waals surface area contributed by atoms with E-state index >= 15 is 0 Å². The first-order valence-corrected chi connectivity index (χ1v) is 11.5. The molecule has 5 rings (SSSR count). The molecule has 1 atom stereocenters. The van der Waals surface area contributed by atoms with Crippen molar-refractivity contribution in [3.63, 3.8) is 0 Å². The van der Waals surface area contributed by atoms with Gasteiger partial charge < -0.3 is 21.7 Å². The van der Waals surface area contributed by atoms with E-state index in [0.29, 0.717) is 17.7 Å². The maximum atomic E-state index is 13.3. The maximum absolute atomic E-state index is 13.3. The van der Waals surface area contributed by atoms with Crippen molar-refractivity contribution in [1.29, 1.82) is 5.41 Å². The lowest BCUT2D eigenvalue weighted by Crippen LogP contribution is -2.33. The number of nitrogens with two attached hydrogens (primary N) is 1. The Bertz CT molecular complexity index is 1210. The van der Waals surface area contributed by atoms with Crippen LogP contribution in [0.3, 0.4) is 0 Å². The Kier molecular flexibility index (Phi) is 7.18. The van der Waals surface area contributed by atoms with Crippen LogP contribution in [0.15, 0.2) is 71.6 Å². The number of anilines is 2. The number of hydrogen-bond acceptors (Lipinski definition) is 5. The molecule has 34 heavy (non-hydrogen) atoms. The van der Waals surface area contributed by atoms with E-state index < -0.39 is 6.04 Å². The lowest BCUT2D eigenvalue weighted by atomic mass is 10.0. The van der Waals surface area contributed by atoms with Gasteiger partial charge in [-0.2, -0.15) is 0 Å². The SMILES string of the molecule is N=C(N)c1ccc(N[C@H]2C(=O)NCc3cc(ccc3S)NC(=O)CCCc3ccc2cc3)cc1. The number of amides is 2. The van der Waals surface area contributed by atoms with Crippen LogP contribution in [0.1, 0.15) is 41.1 Å². The zero-order valence-corrected chi connectivity index (χ0v) is 19.5. The number of aryl methyl sites for hydroxylation is 1. The Morgan fingerprint density at radius 1 is 1.00 bits per heavy atom. The molecule has 3 aromatic carbocycles. The Morgan fingerprint density at radius 3 is 2.44 bits per heavy atom. The largest absolute Gasteiger partial charge is 0.384 e. The summed E-state index contributed by atoms with van der Waals surface area (Å²) in [7, 11) is 0. The van der Waals surface area contributed by atoms with Crippen molar-refractivity contribution in [2.75, 3.05) is 10.6 Å². The van der Waals surface area contributed by atoms with Gasteiger partial charge in [0.15, 0.2) is 0 Å². The van der Waals surface area contributed by atoms with Crippen LogP contribution in [0.25, 0.3) is 0 Å².